The van der Waals surface area contributed by atoms with Gasteiger partial charge in [0.25, 0.3) is 5.91 Å². The third kappa shape index (κ3) is 2.91. The number of anilines is 3. The highest BCUT2D eigenvalue weighted by molar-refractivity contribution is 7.16. The Hall–Kier alpha value is -3.66. The Bertz CT molecular complexity index is 1260. The number of aryl methyl sites for hydroxylation is 1. The quantitative estimate of drug-likeness (QED) is 0.519. The molecular weight excluding hydrogens is 458 g/mol. The highest BCUT2D eigenvalue weighted by atomic mass is 32.1. The van der Waals surface area contributed by atoms with Gasteiger partial charge in [0.2, 0.25) is 11.9 Å². The van der Waals surface area contributed by atoms with Crippen molar-refractivity contribution in [3.8, 4) is 12.1 Å². The second-order valence-electron chi connectivity index (χ2n) is 9.33. The lowest BCUT2D eigenvalue weighted by molar-refractivity contribution is -0.124. The fourth-order valence-electron chi connectivity index (χ4n) is 5.72. The van der Waals surface area contributed by atoms with Gasteiger partial charge in [0.1, 0.15) is 16.6 Å². The number of urea groups is 1. The van der Waals surface area contributed by atoms with E-state index >= 15 is 0 Å². The predicted molar refractivity (Wildman–Crippen MR) is 123 cm³/mol. The Morgan fingerprint density at radius 3 is 2.59 bits per heavy atom. The summed E-state index contributed by atoms with van der Waals surface area (Å²) in [6.45, 7) is 2.27. The van der Waals surface area contributed by atoms with Crippen molar-refractivity contribution in [3.63, 3.8) is 0 Å². The molecule has 3 fully saturated rings. The lowest BCUT2D eigenvalue weighted by atomic mass is 9.74. The average Bonchev–Trinajstić information content (AvgIpc) is 3.41. The van der Waals surface area contributed by atoms with Crippen LogP contribution in [0.15, 0.2) is 0 Å². The number of piperidine rings is 1. The number of hydrogen-bond acceptors (Lipinski definition) is 11. The Balaban J connectivity index is 1.27. The van der Waals surface area contributed by atoms with E-state index in [2.05, 4.69) is 31.6 Å². The van der Waals surface area contributed by atoms with Crippen LogP contribution in [0.2, 0.25) is 0 Å². The number of rotatable bonds is 3. The van der Waals surface area contributed by atoms with Crippen LogP contribution in [0.1, 0.15) is 35.3 Å². The monoisotopic (exact) mass is 481 g/mol. The summed E-state index contributed by atoms with van der Waals surface area (Å²) in [5, 5.41) is 15.3. The van der Waals surface area contributed by atoms with E-state index in [4.69, 9.17) is 15.5 Å². The molecule has 1 atom stereocenters. The molecule has 0 bridgehead atoms. The number of nitrogen functional groups attached to an aromatic ring is 1. The number of nitrogens with two attached hydrogens (primary N) is 1. The van der Waals surface area contributed by atoms with Gasteiger partial charge in [-0.3, -0.25) is 10.1 Å². The van der Waals surface area contributed by atoms with Crippen molar-refractivity contribution in [3.05, 3.63) is 16.0 Å². The molecular formula is C21H23N9O3S. The van der Waals surface area contributed by atoms with Gasteiger partial charge in [-0.05, 0) is 31.2 Å². The fraction of sp³-hybridized carbons (Fsp3) is 0.524. The molecule has 0 aromatic carbocycles. The smallest absolute Gasteiger partial charge is 0.322 e. The molecule has 34 heavy (non-hydrogen) atoms. The average molecular weight is 482 g/mol. The number of nitriles is 1. The van der Waals surface area contributed by atoms with Gasteiger partial charge in [-0.1, -0.05) is 0 Å². The summed E-state index contributed by atoms with van der Waals surface area (Å²) in [6.07, 6.45) is 3.15. The number of carbonyl (C=O) groups is 2. The number of carbonyl (C=O) groups excluding carboxylic acids is 2. The van der Waals surface area contributed by atoms with Gasteiger partial charge in [0, 0.05) is 29.9 Å². The standard InChI is InChI=1S/C21H23N9O3S/c1-33-19-26-16(29-6-2-4-21(10-29)15(31)24-18(32)28-21)25-17(27-19)30-8-20(9-30)5-3-12-13(20)11(7-22)14(23)34-12/h2-6,8-10,23H2,1H3,(H2,24,28,31,32). The van der Waals surface area contributed by atoms with Crippen molar-refractivity contribution < 1.29 is 14.3 Å². The normalized spacial score (nSPS) is 24.6. The number of nitrogens with zero attached hydrogens (tertiary/aromatic N) is 6. The maximum atomic E-state index is 12.5. The first kappa shape index (κ1) is 20.9. The minimum atomic E-state index is -0.983. The van der Waals surface area contributed by atoms with Crippen LogP contribution in [0.5, 0.6) is 6.01 Å². The first-order valence-electron chi connectivity index (χ1n) is 11.1. The van der Waals surface area contributed by atoms with Gasteiger partial charge in [-0.25, -0.2) is 4.79 Å². The molecule has 5 heterocycles. The van der Waals surface area contributed by atoms with Gasteiger partial charge in [-0.2, -0.15) is 20.2 Å². The largest absolute Gasteiger partial charge is 0.467 e. The number of thiophene rings is 1. The van der Waals surface area contributed by atoms with Crippen molar-refractivity contribution in [2.45, 2.75) is 36.6 Å². The molecule has 4 aliphatic rings. The molecule has 13 heteroatoms. The minimum absolute atomic E-state index is 0.115. The van der Waals surface area contributed by atoms with Crippen LogP contribution in [0.25, 0.3) is 0 Å². The Kier molecular flexibility index (Phi) is 4.41. The summed E-state index contributed by atoms with van der Waals surface area (Å²) < 4.78 is 5.35. The highest BCUT2D eigenvalue weighted by Gasteiger charge is 2.52. The molecule has 12 nitrogen and oxygen atoms in total. The third-order valence-electron chi connectivity index (χ3n) is 7.31. The van der Waals surface area contributed by atoms with Crippen LogP contribution >= 0.6 is 11.3 Å². The molecule has 1 aliphatic carbocycles. The molecule has 3 aliphatic heterocycles. The van der Waals surface area contributed by atoms with Crippen molar-refractivity contribution >= 4 is 40.2 Å². The number of hydrogen-bond donors (Lipinski definition) is 3. The van der Waals surface area contributed by atoms with Crippen LogP contribution in [0.3, 0.4) is 0 Å². The molecule has 6 rings (SSSR count). The van der Waals surface area contributed by atoms with Crippen molar-refractivity contribution in [1.29, 1.82) is 5.26 Å². The predicted octanol–water partition coefficient (Wildman–Crippen LogP) is 0.278. The van der Waals surface area contributed by atoms with Crippen LogP contribution in [-0.4, -0.2) is 65.7 Å². The summed E-state index contributed by atoms with van der Waals surface area (Å²) in [5.74, 6) is 0.566. The number of aromatic nitrogens is 3. The molecule has 0 saturated carbocycles. The topological polar surface area (TPSA) is 162 Å². The van der Waals surface area contributed by atoms with Gasteiger partial charge in [0.05, 0.1) is 19.2 Å². The van der Waals surface area contributed by atoms with Gasteiger partial charge in [0.15, 0.2) is 0 Å². The number of imide groups is 1. The van der Waals surface area contributed by atoms with E-state index in [-0.39, 0.29) is 23.9 Å². The Morgan fingerprint density at radius 1 is 1.15 bits per heavy atom. The zero-order valence-electron chi connectivity index (χ0n) is 18.6. The SMILES string of the molecule is COc1nc(N2CCCC3(C2)NC(=O)NC3=O)nc(N2CC3(CCc4sc(N)c(C#N)c43)C2)n1. The lowest BCUT2D eigenvalue weighted by Crippen LogP contribution is -2.60. The third-order valence-corrected chi connectivity index (χ3v) is 8.39. The maximum absolute atomic E-state index is 12.5. The van der Waals surface area contributed by atoms with E-state index in [0.717, 1.165) is 18.4 Å². The van der Waals surface area contributed by atoms with E-state index < -0.39 is 11.6 Å². The molecule has 3 saturated heterocycles. The molecule has 3 amide bonds. The summed E-state index contributed by atoms with van der Waals surface area (Å²) >= 11 is 1.52. The molecule has 176 valence electrons. The first-order chi connectivity index (χ1) is 16.4. The van der Waals surface area contributed by atoms with E-state index in [0.29, 0.717) is 54.9 Å². The number of methoxy groups -OCH3 is 1. The highest BCUT2D eigenvalue weighted by Crippen LogP contribution is 2.52. The van der Waals surface area contributed by atoms with E-state index in [1.54, 1.807) is 0 Å². The van der Waals surface area contributed by atoms with E-state index in [1.807, 2.05) is 4.90 Å². The Labute approximate surface area is 199 Å². The summed E-state index contributed by atoms with van der Waals surface area (Å²) in [7, 11) is 1.50. The lowest BCUT2D eigenvalue weighted by Gasteiger charge is -2.48. The summed E-state index contributed by atoms with van der Waals surface area (Å²) in [6, 6.07) is 2.00. The number of nitrogens with one attached hydrogen (secondary N) is 2. The molecule has 0 radical (unpaired) electrons. The van der Waals surface area contributed by atoms with Gasteiger partial charge >= 0.3 is 12.0 Å². The maximum Gasteiger partial charge on any atom is 0.322 e. The van der Waals surface area contributed by atoms with Crippen molar-refractivity contribution in [2.75, 3.05) is 48.8 Å². The Morgan fingerprint density at radius 2 is 1.91 bits per heavy atom. The van der Waals surface area contributed by atoms with Crippen molar-refractivity contribution in [2.24, 2.45) is 0 Å². The van der Waals surface area contributed by atoms with E-state index in [1.165, 1.54) is 23.3 Å². The second-order valence-corrected chi connectivity index (χ2v) is 10.5. The van der Waals surface area contributed by atoms with Crippen LogP contribution in [0, 0.1) is 11.3 Å². The van der Waals surface area contributed by atoms with Gasteiger partial charge in [-0.15, -0.1) is 11.3 Å². The zero-order valence-corrected chi connectivity index (χ0v) is 19.4. The van der Waals surface area contributed by atoms with Crippen LogP contribution < -0.4 is 30.9 Å². The second kappa shape index (κ2) is 7.17. The number of fused-ring (bicyclic) bond motifs is 2. The van der Waals surface area contributed by atoms with Crippen LogP contribution in [0.4, 0.5) is 21.7 Å². The molecule has 2 aromatic rings. The molecule has 4 N–H and O–H groups in total. The minimum Gasteiger partial charge on any atom is -0.467 e. The number of amides is 3. The van der Waals surface area contributed by atoms with Gasteiger partial charge < -0.3 is 25.6 Å². The van der Waals surface area contributed by atoms with Crippen molar-refractivity contribution in [1.82, 2.24) is 25.6 Å². The number of ether oxygens (including phenoxy) is 1. The molecule has 1 unspecified atom stereocenters. The van der Waals surface area contributed by atoms with E-state index in [9.17, 15) is 14.9 Å². The summed E-state index contributed by atoms with van der Waals surface area (Å²) in [5.41, 5.74) is 6.70. The zero-order chi connectivity index (χ0) is 23.7. The molecule has 2 spiro atoms. The fourth-order valence-corrected chi connectivity index (χ4v) is 6.86. The summed E-state index contributed by atoms with van der Waals surface area (Å²) in [4.78, 5) is 43.0. The van der Waals surface area contributed by atoms with Crippen LogP contribution in [-0.2, 0) is 16.6 Å². The first-order valence-corrected chi connectivity index (χ1v) is 11.9. The molecule has 2 aromatic heterocycles.